The Morgan fingerprint density at radius 2 is 2.17 bits per heavy atom. The minimum atomic E-state index is -1.04. The van der Waals surface area contributed by atoms with Crippen molar-refractivity contribution in [3.8, 4) is 6.07 Å². The third-order valence-corrected chi connectivity index (χ3v) is 3.22. The number of urea groups is 1. The fourth-order valence-corrected chi connectivity index (χ4v) is 1.68. The molecule has 0 rings (SSSR count). The zero-order valence-corrected chi connectivity index (χ0v) is 11.7. The Morgan fingerprint density at radius 3 is 2.61 bits per heavy atom. The average molecular weight is 273 g/mol. The summed E-state index contributed by atoms with van der Waals surface area (Å²) in [6, 6.07) is 0.373. The summed E-state index contributed by atoms with van der Waals surface area (Å²) in [5.74, 6) is -0.381. The van der Waals surface area contributed by atoms with E-state index in [1.807, 2.05) is 12.3 Å². The molecule has 0 aliphatic rings. The molecule has 1 unspecified atom stereocenters. The van der Waals surface area contributed by atoms with Crippen molar-refractivity contribution in [2.45, 2.75) is 31.8 Å². The van der Waals surface area contributed by atoms with Crippen molar-refractivity contribution in [3.05, 3.63) is 0 Å². The van der Waals surface area contributed by atoms with Gasteiger partial charge < -0.3 is 15.3 Å². The number of nitrogens with zero attached hydrogens (tertiary/aromatic N) is 2. The number of carbonyl (C=O) groups excluding carboxylic acids is 1. The first-order valence-corrected chi connectivity index (χ1v) is 6.95. The normalized spacial score (nSPS) is 13.2. The van der Waals surface area contributed by atoms with Crippen LogP contribution in [-0.2, 0) is 4.79 Å². The van der Waals surface area contributed by atoms with Gasteiger partial charge in [0.25, 0.3) is 0 Å². The highest BCUT2D eigenvalue weighted by Crippen LogP contribution is 2.04. The van der Waals surface area contributed by atoms with Gasteiger partial charge in [-0.2, -0.15) is 17.0 Å². The van der Waals surface area contributed by atoms with Crippen LogP contribution in [0.3, 0.4) is 0 Å². The fourth-order valence-electron chi connectivity index (χ4n) is 1.21. The van der Waals surface area contributed by atoms with Gasteiger partial charge in [0.2, 0.25) is 0 Å². The SMILES string of the molecule is CSCC[C@H](NC(=O)N(C)C(C)CC#N)C(=O)O. The summed E-state index contributed by atoms with van der Waals surface area (Å²) in [4.78, 5) is 24.1. The van der Waals surface area contributed by atoms with Gasteiger partial charge in [-0.15, -0.1) is 0 Å². The molecule has 0 saturated carbocycles. The van der Waals surface area contributed by atoms with Crippen LogP contribution in [0, 0.1) is 11.3 Å². The van der Waals surface area contributed by atoms with Gasteiger partial charge >= 0.3 is 12.0 Å². The van der Waals surface area contributed by atoms with Crippen LogP contribution in [0.25, 0.3) is 0 Å². The third-order valence-electron chi connectivity index (χ3n) is 2.57. The van der Waals surface area contributed by atoms with Crippen LogP contribution in [0.2, 0.25) is 0 Å². The second kappa shape index (κ2) is 8.64. The van der Waals surface area contributed by atoms with Crippen molar-refractivity contribution in [2.24, 2.45) is 0 Å². The smallest absolute Gasteiger partial charge is 0.326 e. The number of amides is 2. The zero-order valence-electron chi connectivity index (χ0n) is 10.8. The monoisotopic (exact) mass is 273 g/mol. The van der Waals surface area contributed by atoms with E-state index in [4.69, 9.17) is 10.4 Å². The molecule has 0 aliphatic heterocycles. The number of carboxylic acids is 1. The van der Waals surface area contributed by atoms with E-state index in [2.05, 4.69) is 5.32 Å². The number of hydrogen-bond acceptors (Lipinski definition) is 4. The third kappa shape index (κ3) is 5.77. The molecule has 0 spiro atoms. The molecule has 0 bridgehead atoms. The number of carbonyl (C=O) groups is 2. The maximum atomic E-state index is 11.8. The number of hydrogen-bond donors (Lipinski definition) is 2. The van der Waals surface area contributed by atoms with Crippen LogP contribution in [0.4, 0.5) is 4.79 Å². The Bertz CT molecular complexity index is 330. The Hall–Kier alpha value is -1.42. The molecule has 0 heterocycles. The van der Waals surface area contributed by atoms with Crippen LogP contribution in [0.1, 0.15) is 19.8 Å². The predicted molar refractivity (Wildman–Crippen MR) is 70.4 cm³/mol. The van der Waals surface area contributed by atoms with Gasteiger partial charge in [0.15, 0.2) is 0 Å². The minimum Gasteiger partial charge on any atom is -0.480 e. The van der Waals surface area contributed by atoms with E-state index in [9.17, 15) is 9.59 Å². The summed E-state index contributed by atoms with van der Waals surface area (Å²) < 4.78 is 0. The summed E-state index contributed by atoms with van der Waals surface area (Å²) in [6.07, 6.45) is 2.47. The van der Waals surface area contributed by atoms with E-state index in [1.165, 1.54) is 16.7 Å². The predicted octanol–water partition coefficient (Wildman–Crippen LogP) is 1.14. The Balaban J connectivity index is 4.41. The van der Waals surface area contributed by atoms with Gasteiger partial charge in [0.05, 0.1) is 12.5 Å². The van der Waals surface area contributed by atoms with E-state index < -0.39 is 18.0 Å². The second-order valence-corrected chi connectivity index (χ2v) is 4.93. The Kier molecular flexibility index (Phi) is 7.96. The summed E-state index contributed by atoms with van der Waals surface area (Å²) in [5, 5.41) is 20.0. The molecule has 0 saturated heterocycles. The van der Waals surface area contributed by atoms with Crippen LogP contribution >= 0.6 is 11.8 Å². The fraction of sp³-hybridized carbons (Fsp3) is 0.727. The molecule has 7 heteroatoms. The highest BCUT2D eigenvalue weighted by molar-refractivity contribution is 7.98. The lowest BCUT2D eigenvalue weighted by Gasteiger charge is -2.25. The lowest BCUT2D eigenvalue weighted by molar-refractivity contribution is -0.139. The van der Waals surface area contributed by atoms with Crippen molar-refractivity contribution in [2.75, 3.05) is 19.1 Å². The van der Waals surface area contributed by atoms with E-state index in [-0.39, 0.29) is 12.5 Å². The van der Waals surface area contributed by atoms with Crippen LogP contribution in [-0.4, -0.2) is 53.1 Å². The molecule has 2 atom stereocenters. The number of nitriles is 1. The van der Waals surface area contributed by atoms with Crippen molar-refractivity contribution >= 4 is 23.8 Å². The molecular weight excluding hydrogens is 254 g/mol. The lowest BCUT2D eigenvalue weighted by atomic mass is 10.2. The quantitative estimate of drug-likeness (QED) is 0.725. The number of carboxylic acid groups (broad SMARTS) is 1. The highest BCUT2D eigenvalue weighted by Gasteiger charge is 2.23. The molecule has 0 aliphatic carbocycles. The van der Waals surface area contributed by atoms with E-state index >= 15 is 0 Å². The van der Waals surface area contributed by atoms with Crippen molar-refractivity contribution < 1.29 is 14.7 Å². The van der Waals surface area contributed by atoms with Crippen molar-refractivity contribution in [1.29, 1.82) is 5.26 Å². The highest BCUT2D eigenvalue weighted by atomic mass is 32.2. The maximum Gasteiger partial charge on any atom is 0.326 e. The molecule has 0 radical (unpaired) electrons. The van der Waals surface area contributed by atoms with Gasteiger partial charge in [-0.1, -0.05) is 0 Å². The van der Waals surface area contributed by atoms with Gasteiger partial charge in [-0.3, -0.25) is 0 Å². The molecular formula is C11H19N3O3S. The summed E-state index contributed by atoms with van der Waals surface area (Å²) in [7, 11) is 1.55. The topological polar surface area (TPSA) is 93.4 Å². The molecule has 0 fully saturated rings. The first-order valence-electron chi connectivity index (χ1n) is 5.56. The summed E-state index contributed by atoms with van der Waals surface area (Å²) in [5.41, 5.74) is 0. The molecule has 102 valence electrons. The van der Waals surface area contributed by atoms with Crippen molar-refractivity contribution in [1.82, 2.24) is 10.2 Å². The number of rotatable bonds is 7. The summed E-state index contributed by atoms with van der Waals surface area (Å²) in [6.45, 7) is 1.74. The van der Waals surface area contributed by atoms with E-state index in [0.29, 0.717) is 12.2 Å². The number of thioether (sulfide) groups is 1. The molecule has 2 N–H and O–H groups in total. The van der Waals surface area contributed by atoms with Gasteiger partial charge in [0, 0.05) is 13.1 Å². The minimum absolute atomic E-state index is 0.215. The second-order valence-electron chi connectivity index (χ2n) is 3.94. The molecule has 0 aromatic carbocycles. The van der Waals surface area contributed by atoms with E-state index in [0.717, 1.165) is 0 Å². The number of nitrogens with one attached hydrogen (secondary N) is 1. The largest absolute Gasteiger partial charge is 0.480 e. The summed E-state index contributed by atoms with van der Waals surface area (Å²) >= 11 is 1.53. The molecule has 0 aromatic rings. The molecule has 6 nitrogen and oxygen atoms in total. The lowest BCUT2D eigenvalue weighted by Crippen LogP contribution is -2.49. The molecule has 2 amide bonds. The van der Waals surface area contributed by atoms with Gasteiger partial charge in [0.1, 0.15) is 6.04 Å². The van der Waals surface area contributed by atoms with E-state index in [1.54, 1.807) is 14.0 Å². The van der Waals surface area contributed by atoms with Crippen molar-refractivity contribution in [3.63, 3.8) is 0 Å². The van der Waals surface area contributed by atoms with Crippen LogP contribution in [0.5, 0.6) is 0 Å². The first-order chi connectivity index (χ1) is 8.43. The molecule has 0 aromatic heterocycles. The van der Waals surface area contributed by atoms with Crippen LogP contribution < -0.4 is 5.32 Å². The first kappa shape index (κ1) is 16.6. The van der Waals surface area contributed by atoms with Gasteiger partial charge in [-0.25, -0.2) is 9.59 Å². The number of aliphatic carboxylic acids is 1. The maximum absolute atomic E-state index is 11.8. The van der Waals surface area contributed by atoms with Crippen LogP contribution in [0.15, 0.2) is 0 Å². The zero-order chi connectivity index (χ0) is 14.1. The Morgan fingerprint density at radius 1 is 1.56 bits per heavy atom. The van der Waals surface area contributed by atoms with Gasteiger partial charge in [-0.05, 0) is 25.4 Å². The molecule has 18 heavy (non-hydrogen) atoms. The Labute approximate surface area is 111 Å². The standard InChI is InChI=1S/C11H19N3O3S/c1-8(4-6-12)14(2)11(17)13-9(10(15)16)5-7-18-3/h8-9H,4-5,7H2,1-3H3,(H,13,17)(H,15,16)/t8?,9-/m0/s1. The average Bonchev–Trinajstić information content (AvgIpc) is 2.33.